The highest BCUT2D eigenvalue weighted by molar-refractivity contribution is 6.05. The van der Waals surface area contributed by atoms with Crippen molar-refractivity contribution in [2.75, 3.05) is 18.4 Å². The normalized spacial score (nSPS) is 16.2. The number of amides is 2. The van der Waals surface area contributed by atoms with Crippen molar-refractivity contribution in [2.45, 2.75) is 33.2 Å². The molecule has 0 saturated carbocycles. The Balaban J connectivity index is 0.00000280. The third-order valence-corrected chi connectivity index (χ3v) is 5.12. The minimum absolute atomic E-state index is 0. The molecule has 2 amide bonds. The molecular formula is C22H28ClN3O2. The quantitative estimate of drug-likeness (QED) is 0.812. The predicted octanol–water partition coefficient (Wildman–Crippen LogP) is 4.00. The van der Waals surface area contributed by atoms with Crippen LogP contribution in [0, 0.1) is 12.8 Å². The number of piperidine rings is 1. The number of anilines is 1. The molecular weight excluding hydrogens is 374 g/mol. The highest BCUT2D eigenvalue weighted by atomic mass is 35.5. The van der Waals surface area contributed by atoms with Gasteiger partial charge in [-0.1, -0.05) is 19.1 Å². The van der Waals surface area contributed by atoms with Crippen molar-refractivity contribution in [1.82, 2.24) is 4.90 Å². The van der Waals surface area contributed by atoms with Gasteiger partial charge >= 0.3 is 0 Å². The van der Waals surface area contributed by atoms with E-state index in [2.05, 4.69) is 12.2 Å². The Hall–Kier alpha value is -2.37. The molecule has 1 fully saturated rings. The van der Waals surface area contributed by atoms with Crippen LogP contribution in [0.4, 0.5) is 5.69 Å². The molecule has 0 aliphatic carbocycles. The fourth-order valence-electron chi connectivity index (χ4n) is 3.48. The van der Waals surface area contributed by atoms with Gasteiger partial charge < -0.3 is 16.0 Å². The summed E-state index contributed by atoms with van der Waals surface area (Å²) in [6, 6.07) is 12.7. The van der Waals surface area contributed by atoms with Gasteiger partial charge in [-0.15, -0.1) is 12.4 Å². The van der Waals surface area contributed by atoms with Gasteiger partial charge in [-0.05, 0) is 67.1 Å². The molecule has 1 aliphatic heterocycles. The van der Waals surface area contributed by atoms with Gasteiger partial charge in [-0.3, -0.25) is 9.59 Å². The number of hydrogen-bond acceptors (Lipinski definition) is 3. The van der Waals surface area contributed by atoms with E-state index in [0.717, 1.165) is 30.6 Å². The summed E-state index contributed by atoms with van der Waals surface area (Å²) in [7, 11) is 0. The lowest BCUT2D eigenvalue weighted by atomic mass is 9.99. The molecule has 28 heavy (non-hydrogen) atoms. The lowest BCUT2D eigenvalue weighted by molar-refractivity contribution is 0.0683. The standard InChI is InChI=1S/C22H27N3O2.ClH/c1-15-4-3-11-25(14-15)22(27)19-9-10-20(16(2)12-19)24-21(26)18-7-5-17(13-23)6-8-18;/h5-10,12,15H,3-4,11,13-14,23H2,1-2H3,(H,24,26);1H. The van der Waals surface area contributed by atoms with Crippen molar-refractivity contribution < 1.29 is 9.59 Å². The van der Waals surface area contributed by atoms with Gasteiger partial charge in [-0.2, -0.15) is 0 Å². The van der Waals surface area contributed by atoms with Crippen LogP contribution in [0.3, 0.4) is 0 Å². The molecule has 0 radical (unpaired) electrons. The fraction of sp³-hybridized carbons (Fsp3) is 0.364. The molecule has 0 spiro atoms. The zero-order valence-corrected chi connectivity index (χ0v) is 17.2. The number of likely N-dealkylation sites (tertiary alicyclic amines) is 1. The average molecular weight is 402 g/mol. The summed E-state index contributed by atoms with van der Waals surface area (Å²) in [6.07, 6.45) is 2.24. The second-order valence-corrected chi connectivity index (χ2v) is 7.38. The van der Waals surface area contributed by atoms with E-state index < -0.39 is 0 Å². The Kier molecular flexibility index (Phi) is 7.61. The highest BCUT2D eigenvalue weighted by Crippen LogP contribution is 2.22. The number of nitrogens with one attached hydrogen (secondary N) is 1. The van der Waals surface area contributed by atoms with E-state index in [1.165, 1.54) is 6.42 Å². The van der Waals surface area contributed by atoms with Crippen LogP contribution in [0.5, 0.6) is 0 Å². The number of hydrogen-bond donors (Lipinski definition) is 2. The largest absolute Gasteiger partial charge is 0.338 e. The Labute approximate surface area is 172 Å². The number of rotatable bonds is 4. The van der Waals surface area contributed by atoms with Crippen LogP contribution < -0.4 is 11.1 Å². The first kappa shape index (κ1) is 21.9. The Morgan fingerprint density at radius 3 is 2.43 bits per heavy atom. The van der Waals surface area contributed by atoms with Crippen molar-refractivity contribution in [2.24, 2.45) is 11.7 Å². The number of carbonyl (C=O) groups excluding carboxylic acids is 2. The second kappa shape index (κ2) is 9.71. The lowest BCUT2D eigenvalue weighted by Gasteiger charge is -2.31. The average Bonchev–Trinajstić information content (AvgIpc) is 2.69. The number of carbonyl (C=O) groups is 2. The first-order chi connectivity index (χ1) is 13.0. The van der Waals surface area contributed by atoms with Crippen LogP contribution in [-0.4, -0.2) is 29.8 Å². The molecule has 2 aromatic carbocycles. The van der Waals surface area contributed by atoms with Crippen molar-refractivity contribution in [3.8, 4) is 0 Å². The maximum absolute atomic E-state index is 12.7. The van der Waals surface area contributed by atoms with Gasteiger partial charge in [0.25, 0.3) is 11.8 Å². The maximum atomic E-state index is 12.7. The zero-order valence-electron chi connectivity index (χ0n) is 16.4. The van der Waals surface area contributed by atoms with Crippen molar-refractivity contribution in [3.05, 3.63) is 64.7 Å². The zero-order chi connectivity index (χ0) is 19.4. The van der Waals surface area contributed by atoms with Crippen LogP contribution >= 0.6 is 12.4 Å². The van der Waals surface area contributed by atoms with Gasteiger partial charge in [0.2, 0.25) is 0 Å². The van der Waals surface area contributed by atoms with Gasteiger partial charge in [0.15, 0.2) is 0 Å². The molecule has 2 aromatic rings. The summed E-state index contributed by atoms with van der Waals surface area (Å²) in [4.78, 5) is 27.1. The van der Waals surface area contributed by atoms with Crippen LogP contribution in [0.15, 0.2) is 42.5 Å². The summed E-state index contributed by atoms with van der Waals surface area (Å²) in [6.45, 7) is 6.17. The van der Waals surface area contributed by atoms with Crippen LogP contribution in [-0.2, 0) is 6.54 Å². The Morgan fingerprint density at radius 2 is 1.82 bits per heavy atom. The minimum atomic E-state index is -0.175. The molecule has 3 N–H and O–H groups in total. The number of nitrogens with two attached hydrogens (primary N) is 1. The fourth-order valence-corrected chi connectivity index (χ4v) is 3.48. The molecule has 0 bridgehead atoms. The van der Waals surface area contributed by atoms with E-state index in [4.69, 9.17) is 5.73 Å². The van der Waals surface area contributed by atoms with E-state index in [9.17, 15) is 9.59 Å². The van der Waals surface area contributed by atoms with Gasteiger partial charge in [0.05, 0.1) is 0 Å². The van der Waals surface area contributed by atoms with E-state index in [1.54, 1.807) is 18.2 Å². The van der Waals surface area contributed by atoms with Crippen LogP contribution in [0.1, 0.15) is 51.6 Å². The molecule has 3 rings (SSSR count). The summed E-state index contributed by atoms with van der Waals surface area (Å²) >= 11 is 0. The SMILES string of the molecule is Cc1cc(C(=O)N2CCCC(C)C2)ccc1NC(=O)c1ccc(CN)cc1.Cl. The summed E-state index contributed by atoms with van der Waals surface area (Å²) in [5.74, 6) is 0.443. The summed E-state index contributed by atoms with van der Waals surface area (Å²) in [5, 5.41) is 2.92. The summed E-state index contributed by atoms with van der Waals surface area (Å²) < 4.78 is 0. The van der Waals surface area contributed by atoms with E-state index in [0.29, 0.717) is 29.3 Å². The third-order valence-electron chi connectivity index (χ3n) is 5.12. The maximum Gasteiger partial charge on any atom is 0.255 e. The van der Waals surface area contributed by atoms with Crippen molar-refractivity contribution in [3.63, 3.8) is 0 Å². The van der Waals surface area contributed by atoms with Crippen LogP contribution in [0.25, 0.3) is 0 Å². The molecule has 1 saturated heterocycles. The first-order valence-corrected chi connectivity index (χ1v) is 9.48. The van der Waals surface area contributed by atoms with E-state index in [1.807, 2.05) is 36.1 Å². The number of halogens is 1. The first-order valence-electron chi connectivity index (χ1n) is 9.48. The summed E-state index contributed by atoms with van der Waals surface area (Å²) in [5.41, 5.74) is 9.41. The van der Waals surface area contributed by atoms with Crippen LogP contribution in [0.2, 0.25) is 0 Å². The molecule has 1 heterocycles. The number of aryl methyl sites for hydroxylation is 1. The molecule has 0 aromatic heterocycles. The predicted molar refractivity (Wildman–Crippen MR) is 115 cm³/mol. The second-order valence-electron chi connectivity index (χ2n) is 7.38. The molecule has 1 unspecified atom stereocenters. The Morgan fingerprint density at radius 1 is 1.14 bits per heavy atom. The monoisotopic (exact) mass is 401 g/mol. The highest BCUT2D eigenvalue weighted by Gasteiger charge is 2.22. The van der Waals surface area contributed by atoms with E-state index in [-0.39, 0.29) is 24.2 Å². The van der Waals surface area contributed by atoms with Gasteiger partial charge in [0.1, 0.15) is 0 Å². The van der Waals surface area contributed by atoms with Crippen molar-refractivity contribution >= 4 is 29.9 Å². The molecule has 150 valence electrons. The molecule has 1 atom stereocenters. The minimum Gasteiger partial charge on any atom is -0.338 e. The molecule has 6 heteroatoms. The van der Waals surface area contributed by atoms with E-state index >= 15 is 0 Å². The number of nitrogens with zero attached hydrogens (tertiary/aromatic N) is 1. The lowest BCUT2D eigenvalue weighted by Crippen LogP contribution is -2.39. The Bertz CT molecular complexity index is 836. The molecule has 5 nitrogen and oxygen atoms in total. The molecule has 1 aliphatic rings. The number of benzene rings is 2. The topological polar surface area (TPSA) is 75.4 Å². The smallest absolute Gasteiger partial charge is 0.255 e. The van der Waals surface area contributed by atoms with Gasteiger partial charge in [-0.25, -0.2) is 0 Å². The van der Waals surface area contributed by atoms with Crippen molar-refractivity contribution in [1.29, 1.82) is 0 Å². The van der Waals surface area contributed by atoms with Gasteiger partial charge in [0, 0.05) is 36.4 Å². The third kappa shape index (κ3) is 5.12.